The van der Waals surface area contributed by atoms with Crippen LogP contribution in [0.1, 0.15) is 21.5 Å². The number of pyridine rings is 1. The van der Waals surface area contributed by atoms with E-state index >= 15 is 0 Å². The Morgan fingerprint density at radius 2 is 2.05 bits per heavy atom. The molecule has 0 saturated heterocycles. The topological polar surface area (TPSA) is 59.4 Å². The number of carboxylic acids is 1. The van der Waals surface area contributed by atoms with E-state index in [1.807, 2.05) is 30.3 Å². The quantitative estimate of drug-likeness (QED) is 0.839. The fourth-order valence-electron chi connectivity index (χ4n) is 1.72. The Bertz CT molecular complexity index is 647. The van der Waals surface area contributed by atoms with Gasteiger partial charge in [-0.1, -0.05) is 41.9 Å². The molecule has 0 saturated carbocycles. The lowest BCUT2D eigenvalue weighted by atomic mass is 10.1. The van der Waals surface area contributed by atoms with Crippen molar-refractivity contribution in [2.75, 3.05) is 0 Å². The lowest BCUT2D eigenvalue weighted by Crippen LogP contribution is -2.08. The average molecular weight is 357 g/mol. The largest absolute Gasteiger partial charge is 0.485 e. The second-order valence-electron chi connectivity index (χ2n) is 4.10. The first-order valence-electron chi connectivity index (χ1n) is 5.76. The Balaban J connectivity index is 2.36. The minimum Gasteiger partial charge on any atom is -0.485 e. The first-order chi connectivity index (χ1) is 9.50. The Kier molecular flexibility index (Phi) is 4.62. The number of nitrogens with zero attached hydrogens (tertiary/aromatic N) is 1. The van der Waals surface area contributed by atoms with Crippen LogP contribution in [0.15, 0.2) is 34.9 Å². The lowest BCUT2D eigenvalue weighted by Gasteiger charge is -2.13. The Hall–Kier alpha value is -1.59. The molecule has 20 heavy (non-hydrogen) atoms. The standard InChI is InChI=1S/C14H11BrClNO3/c1-8-10(14(18)19)11(12(15)17-13(8)16)20-7-9-5-3-2-4-6-9/h2-6H,7H2,1H3,(H,18,19). The third-order valence-electron chi connectivity index (χ3n) is 2.74. The number of hydrogen-bond donors (Lipinski definition) is 1. The summed E-state index contributed by atoms with van der Waals surface area (Å²) in [4.78, 5) is 15.4. The maximum atomic E-state index is 11.4. The van der Waals surface area contributed by atoms with Gasteiger partial charge in [0.05, 0.1) is 0 Å². The summed E-state index contributed by atoms with van der Waals surface area (Å²) < 4.78 is 5.88. The number of benzene rings is 1. The molecule has 0 aliphatic carbocycles. The summed E-state index contributed by atoms with van der Waals surface area (Å²) in [5.74, 6) is -0.918. The Morgan fingerprint density at radius 3 is 2.65 bits per heavy atom. The summed E-state index contributed by atoms with van der Waals surface area (Å²) >= 11 is 9.08. The van der Waals surface area contributed by atoms with E-state index in [-0.39, 0.29) is 27.7 Å². The number of aromatic carboxylic acids is 1. The summed E-state index contributed by atoms with van der Waals surface area (Å²) in [6.07, 6.45) is 0. The highest BCUT2D eigenvalue weighted by atomic mass is 79.9. The van der Waals surface area contributed by atoms with Crippen LogP contribution in [0.25, 0.3) is 0 Å². The number of ether oxygens (including phenoxy) is 1. The van der Waals surface area contributed by atoms with E-state index in [2.05, 4.69) is 20.9 Å². The maximum Gasteiger partial charge on any atom is 0.339 e. The molecule has 1 heterocycles. The van der Waals surface area contributed by atoms with Crippen molar-refractivity contribution in [2.24, 2.45) is 0 Å². The van der Waals surface area contributed by atoms with Crippen LogP contribution in [-0.4, -0.2) is 16.1 Å². The van der Waals surface area contributed by atoms with Crippen LogP contribution in [0, 0.1) is 6.92 Å². The van der Waals surface area contributed by atoms with Crippen molar-refractivity contribution >= 4 is 33.5 Å². The highest BCUT2D eigenvalue weighted by Gasteiger charge is 2.21. The molecule has 104 valence electrons. The molecule has 2 rings (SSSR count). The first kappa shape index (κ1) is 14.8. The van der Waals surface area contributed by atoms with Crippen LogP contribution < -0.4 is 4.74 Å². The second-order valence-corrected chi connectivity index (χ2v) is 5.21. The summed E-state index contributed by atoms with van der Waals surface area (Å²) in [6.45, 7) is 1.85. The summed E-state index contributed by atoms with van der Waals surface area (Å²) in [5, 5.41) is 9.45. The van der Waals surface area contributed by atoms with E-state index in [1.165, 1.54) is 0 Å². The molecule has 0 atom stereocenters. The zero-order chi connectivity index (χ0) is 14.7. The molecular formula is C14H11BrClNO3. The van der Waals surface area contributed by atoms with Crippen molar-refractivity contribution in [3.05, 3.63) is 56.8 Å². The zero-order valence-corrected chi connectivity index (χ0v) is 12.9. The maximum absolute atomic E-state index is 11.4. The van der Waals surface area contributed by atoms with Crippen LogP contribution in [0.5, 0.6) is 5.75 Å². The van der Waals surface area contributed by atoms with Gasteiger partial charge < -0.3 is 9.84 Å². The van der Waals surface area contributed by atoms with E-state index < -0.39 is 5.97 Å². The van der Waals surface area contributed by atoms with Gasteiger partial charge in [-0.15, -0.1) is 0 Å². The van der Waals surface area contributed by atoms with Crippen molar-refractivity contribution in [1.82, 2.24) is 4.98 Å². The predicted octanol–water partition coefficient (Wildman–Crippen LogP) is 4.08. The second kappa shape index (κ2) is 6.24. The fourth-order valence-corrected chi connectivity index (χ4v) is 2.49. The number of hydrogen-bond acceptors (Lipinski definition) is 3. The van der Waals surface area contributed by atoms with Crippen LogP contribution in [-0.2, 0) is 6.61 Å². The average Bonchev–Trinajstić information content (AvgIpc) is 2.42. The van der Waals surface area contributed by atoms with Gasteiger partial charge in [0.15, 0.2) is 10.4 Å². The van der Waals surface area contributed by atoms with Crippen LogP contribution in [0.3, 0.4) is 0 Å². The first-order valence-corrected chi connectivity index (χ1v) is 6.93. The minimum atomic E-state index is -1.10. The molecule has 0 aliphatic heterocycles. The number of carbonyl (C=O) groups is 1. The van der Waals surface area contributed by atoms with Gasteiger partial charge in [0.1, 0.15) is 17.3 Å². The van der Waals surface area contributed by atoms with Crippen LogP contribution in [0.2, 0.25) is 5.15 Å². The van der Waals surface area contributed by atoms with E-state index in [0.29, 0.717) is 5.56 Å². The molecule has 1 N–H and O–H groups in total. The monoisotopic (exact) mass is 355 g/mol. The molecule has 0 radical (unpaired) electrons. The molecular weight excluding hydrogens is 346 g/mol. The van der Waals surface area contributed by atoms with E-state index in [1.54, 1.807) is 6.92 Å². The highest BCUT2D eigenvalue weighted by molar-refractivity contribution is 9.10. The molecule has 0 amide bonds. The highest BCUT2D eigenvalue weighted by Crippen LogP contribution is 2.34. The van der Waals surface area contributed by atoms with Gasteiger partial charge in [-0.25, -0.2) is 9.78 Å². The normalized spacial score (nSPS) is 10.3. The van der Waals surface area contributed by atoms with Gasteiger partial charge in [0.25, 0.3) is 0 Å². The van der Waals surface area contributed by atoms with Crippen LogP contribution >= 0.6 is 27.5 Å². The fraction of sp³-hybridized carbons (Fsp3) is 0.143. The van der Waals surface area contributed by atoms with Gasteiger partial charge in [0.2, 0.25) is 0 Å². The molecule has 2 aromatic rings. The third-order valence-corrected chi connectivity index (χ3v) is 3.64. The van der Waals surface area contributed by atoms with Crippen molar-refractivity contribution in [3.8, 4) is 5.75 Å². The summed E-state index contributed by atoms with van der Waals surface area (Å²) in [7, 11) is 0. The molecule has 0 unspecified atom stereocenters. The minimum absolute atomic E-state index is 0.0211. The summed E-state index contributed by atoms with van der Waals surface area (Å²) in [5.41, 5.74) is 1.33. The lowest BCUT2D eigenvalue weighted by molar-refractivity contribution is 0.0690. The summed E-state index contributed by atoms with van der Waals surface area (Å²) in [6, 6.07) is 9.46. The SMILES string of the molecule is Cc1c(Cl)nc(Br)c(OCc2ccccc2)c1C(=O)O. The van der Waals surface area contributed by atoms with Crippen molar-refractivity contribution in [1.29, 1.82) is 0 Å². The number of rotatable bonds is 4. The zero-order valence-electron chi connectivity index (χ0n) is 10.6. The molecule has 4 nitrogen and oxygen atoms in total. The smallest absolute Gasteiger partial charge is 0.339 e. The van der Waals surface area contributed by atoms with E-state index in [0.717, 1.165) is 5.56 Å². The van der Waals surface area contributed by atoms with Crippen LogP contribution in [0.4, 0.5) is 0 Å². The molecule has 0 spiro atoms. The number of carboxylic acid groups (broad SMARTS) is 1. The Labute approximate surface area is 129 Å². The third kappa shape index (κ3) is 3.11. The van der Waals surface area contributed by atoms with Crippen molar-refractivity contribution in [3.63, 3.8) is 0 Å². The van der Waals surface area contributed by atoms with E-state index in [4.69, 9.17) is 16.3 Å². The molecule has 0 aliphatic rings. The van der Waals surface area contributed by atoms with Crippen molar-refractivity contribution in [2.45, 2.75) is 13.5 Å². The number of aromatic nitrogens is 1. The number of halogens is 2. The van der Waals surface area contributed by atoms with Crippen molar-refractivity contribution < 1.29 is 14.6 Å². The molecule has 6 heteroatoms. The van der Waals surface area contributed by atoms with Gasteiger partial charge >= 0.3 is 5.97 Å². The molecule has 1 aromatic carbocycles. The molecule has 0 bridgehead atoms. The van der Waals surface area contributed by atoms with Gasteiger partial charge in [-0.05, 0) is 28.4 Å². The van der Waals surface area contributed by atoms with Gasteiger partial charge in [0, 0.05) is 5.56 Å². The molecule has 1 aromatic heterocycles. The Morgan fingerprint density at radius 1 is 1.40 bits per heavy atom. The molecule has 0 fully saturated rings. The van der Waals surface area contributed by atoms with Gasteiger partial charge in [-0.3, -0.25) is 0 Å². The predicted molar refractivity (Wildman–Crippen MR) is 79.4 cm³/mol. The van der Waals surface area contributed by atoms with Gasteiger partial charge in [-0.2, -0.15) is 0 Å². The van der Waals surface area contributed by atoms with E-state index in [9.17, 15) is 9.90 Å².